The van der Waals surface area contributed by atoms with Crippen molar-refractivity contribution in [2.24, 2.45) is 0 Å². The van der Waals surface area contributed by atoms with Crippen molar-refractivity contribution in [3.63, 3.8) is 0 Å². The second-order valence-electron chi connectivity index (χ2n) is 2.68. The van der Waals surface area contributed by atoms with E-state index in [2.05, 4.69) is 15.9 Å². The Morgan fingerprint density at radius 2 is 2.00 bits per heavy atom. The Labute approximate surface area is 87.1 Å². The number of hydrogen-bond donors (Lipinski definition) is 0. The highest BCUT2D eigenvalue weighted by atomic mass is 79.9. The number of hydrogen-bond acceptors (Lipinski definition) is 1. The highest BCUT2D eigenvalue weighted by Gasteiger charge is 2.20. The largest absolute Gasteiger partial charge is 0.294 e. The molecule has 0 aliphatic rings. The van der Waals surface area contributed by atoms with Crippen LogP contribution < -0.4 is 0 Å². The summed E-state index contributed by atoms with van der Waals surface area (Å²) in [5.41, 5.74) is -0.709. The maximum absolute atomic E-state index is 12.9. The molecular weight excluding hydrogens is 261 g/mol. The number of alkyl halides is 2. The van der Waals surface area contributed by atoms with Gasteiger partial charge < -0.3 is 0 Å². The number of benzene rings is 1. The standard InChI is InChI=1S/C9H6BrF3O/c1-4(14)5-2-3-6(11)7(8(5)10)9(12)13/h2-3,9H,1H3. The van der Waals surface area contributed by atoms with E-state index >= 15 is 0 Å². The molecule has 5 heteroatoms. The summed E-state index contributed by atoms with van der Waals surface area (Å²) in [5, 5.41) is 0. The average Bonchev–Trinajstić information content (AvgIpc) is 2.02. The lowest BCUT2D eigenvalue weighted by Crippen LogP contribution is -2.00. The van der Waals surface area contributed by atoms with E-state index < -0.39 is 23.6 Å². The van der Waals surface area contributed by atoms with E-state index in [1.54, 1.807) is 0 Å². The monoisotopic (exact) mass is 266 g/mol. The number of Topliss-reactive ketones (excluding diaryl/α,β-unsaturated/α-hetero) is 1. The van der Waals surface area contributed by atoms with Crippen molar-refractivity contribution in [3.8, 4) is 0 Å². The Kier molecular flexibility index (Phi) is 3.31. The molecule has 0 amide bonds. The van der Waals surface area contributed by atoms with E-state index in [-0.39, 0.29) is 10.0 Å². The summed E-state index contributed by atoms with van der Waals surface area (Å²) in [7, 11) is 0. The molecule has 0 unspecified atom stereocenters. The van der Waals surface area contributed by atoms with Crippen molar-refractivity contribution < 1.29 is 18.0 Å². The van der Waals surface area contributed by atoms with Gasteiger partial charge in [-0.15, -0.1) is 0 Å². The molecule has 1 nitrogen and oxygen atoms in total. The van der Waals surface area contributed by atoms with E-state index in [0.717, 1.165) is 6.07 Å². The van der Waals surface area contributed by atoms with Crippen molar-refractivity contribution in [3.05, 3.63) is 33.5 Å². The maximum Gasteiger partial charge on any atom is 0.267 e. The Morgan fingerprint density at radius 1 is 1.43 bits per heavy atom. The summed E-state index contributed by atoms with van der Waals surface area (Å²) in [6.45, 7) is 1.23. The van der Waals surface area contributed by atoms with Crippen LogP contribution >= 0.6 is 15.9 Å². The zero-order chi connectivity index (χ0) is 10.9. The van der Waals surface area contributed by atoms with Crippen LogP contribution in [0, 0.1) is 5.82 Å². The predicted molar refractivity (Wildman–Crippen MR) is 49.1 cm³/mol. The quantitative estimate of drug-likeness (QED) is 0.746. The first-order chi connectivity index (χ1) is 6.45. The minimum Gasteiger partial charge on any atom is -0.294 e. The molecule has 0 saturated heterocycles. The lowest BCUT2D eigenvalue weighted by Gasteiger charge is -2.07. The SMILES string of the molecule is CC(=O)c1ccc(F)c(C(F)F)c1Br. The van der Waals surface area contributed by atoms with Gasteiger partial charge in [0.2, 0.25) is 0 Å². The highest BCUT2D eigenvalue weighted by molar-refractivity contribution is 9.10. The van der Waals surface area contributed by atoms with E-state index in [1.165, 1.54) is 13.0 Å². The van der Waals surface area contributed by atoms with E-state index in [4.69, 9.17) is 0 Å². The van der Waals surface area contributed by atoms with Crippen LogP contribution in [-0.4, -0.2) is 5.78 Å². The number of ketones is 1. The third kappa shape index (κ3) is 1.97. The fourth-order valence-electron chi connectivity index (χ4n) is 1.04. The molecule has 14 heavy (non-hydrogen) atoms. The molecule has 1 rings (SSSR count). The summed E-state index contributed by atoms with van der Waals surface area (Å²) >= 11 is 2.79. The van der Waals surface area contributed by atoms with Crippen molar-refractivity contribution in [2.45, 2.75) is 13.3 Å². The molecule has 0 aromatic heterocycles. The Hall–Kier alpha value is -0.840. The molecule has 0 bridgehead atoms. The molecule has 0 spiro atoms. The van der Waals surface area contributed by atoms with Gasteiger partial charge in [-0.3, -0.25) is 4.79 Å². The molecule has 0 atom stereocenters. The predicted octanol–water partition coefficient (Wildman–Crippen LogP) is 3.73. The maximum atomic E-state index is 12.9. The van der Waals surface area contributed by atoms with Crippen LogP contribution in [0.3, 0.4) is 0 Å². The highest BCUT2D eigenvalue weighted by Crippen LogP contribution is 2.32. The van der Waals surface area contributed by atoms with Crippen molar-refractivity contribution in [1.82, 2.24) is 0 Å². The van der Waals surface area contributed by atoms with Crippen LogP contribution in [0.1, 0.15) is 29.3 Å². The van der Waals surface area contributed by atoms with Crippen molar-refractivity contribution in [1.29, 1.82) is 0 Å². The van der Waals surface area contributed by atoms with Crippen LogP contribution in [0.25, 0.3) is 0 Å². The lowest BCUT2D eigenvalue weighted by molar-refractivity contribution is 0.101. The Morgan fingerprint density at radius 3 is 2.43 bits per heavy atom. The summed E-state index contributed by atoms with van der Waals surface area (Å²) in [5.74, 6) is -1.41. The van der Waals surface area contributed by atoms with Crippen molar-refractivity contribution in [2.75, 3.05) is 0 Å². The second kappa shape index (κ2) is 4.13. The first-order valence-corrected chi connectivity index (χ1v) is 4.51. The molecule has 0 aliphatic carbocycles. The Bertz CT molecular complexity index is 377. The number of halogens is 4. The van der Waals surface area contributed by atoms with Gasteiger partial charge >= 0.3 is 0 Å². The number of carbonyl (C=O) groups excluding carboxylic acids is 1. The molecule has 0 saturated carbocycles. The van der Waals surface area contributed by atoms with E-state index in [9.17, 15) is 18.0 Å². The smallest absolute Gasteiger partial charge is 0.267 e. The van der Waals surface area contributed by atoms with Crippen LogP contribution in [0.5, 0.6) is 0 Å². The van der Waals surface area contributed by atoms with Crippen LogP contribution in [0.4, 0.5) is 13.2 Å². The molecule has 0 N–H and O–H groups in total. The molecule has 0 aliphatic heterocycles. The molecule has 0 radical (unpaired) electrons. The van der Waals surface area contributed by atoms with Crippen molar-refractivity contribution >= 4 is 21.7 Å². The number of rotatable bonds is 2. The normalized spacial score (nSPS) is 10.7. The molecule has 0 fully saturated rings. The summed E-state index contributed by atoms with van der Waals surface area (Å²) in [6.07, 6.45) is -2.94. The first-order valence-electron chi connectivity index (χ1n) is 3.72. The van der Waals surface area contributed by atoms with Gasteiger partial charge in [0, 0.05) is 10.0 Å². The van der Waals surface area contributed by atoms with Gasteiger partial charge in [-0.05, 0) is 35.0 Å². The molecule has 1 aromatic carbocycles. The van der Waals surface area contributed by atoms with Gasteiger partial charge in [-0.25, -0.2) is 13.2 Å². The number of carbonyl (C=O) groups is 1. The van der Waals surface area contributed by atoms with Crippen LogP contribution in [0.2, 0.25) is 0 Å². The van der Waals surface area contributed by atoms with Gasteiger partial charge in [0.05, 0.1) is 5.56 Å². The minimum atomic E-state index is -2.94. The van der Waals surface area contributed by atoms with Gasteiger partial charge in [-0.2, -0.15) is 0 Å². The third-order valence-electron chi connectivity index (χ3n) is 1.72. The summed E-state index contributed by atoms with van der Waals surface area (Å²) in [4.78, 5) is 11.0. The van der Waals surface area contributed by atoms with Gasteiger partial charge in [0.25, 0.3) is 6.43 Å². The molecule has 76 valence electrons. The zero-order valence-electron chi connectivity index (χ0n) is 7.15. The summed E-state index contributed by atoms with van der Waals surface area (Å²) < 4.78 is 37.5. The van der Waals surface area contributed by atoms with Gasteiger partial charge in [0.15, 0.2) is 5.78 Å². The van der Waals surface area contributed by atoms with Crippen LogP contribution in [-0.2, 0) is 0 Å². The minimum absolute atomic E-state index is 0.0571. The van der Waals surface area contributed by atoms with Crippen LogP contribution in [0.15, 0.2) is 16.6 Å². The third-order valence-corrected chi connectivity index (χ3v) is 2.58. The Balaban J connectivity index is 3.41. The first kappa shape index (κ1) is 11.2. The molecule has 0 heterocycles. The lowest BCUT2D eigenvalue weighted by atomic mass is 10.1. The molecule has 1 aromatic rings. The zero-order valence-corrected chi connectivity index (χ0v) is 8.74. The van der Waals surface area contributed by atoms with E-state index in [1.807, 2.05) is 0 Å². The van der Waals surface area contributed by atoms with Gasteiger partial charge in [-0.1, -0.05) is 0 Å². The fraction of sp³-hybridized carbons (Fsp3) is 0.222. The fourth-order valence-corrected chi connectivity index (χ4v) is 1.82. The van der Waals surface area contributed by atoms with Gasteiger partial charge in [0.1, 0.15) is 5.82 Å². The molecular formula is C9H6BrF3O. The average molecular weight is 267 g/mol. The second-order valence-corrected chi connectivity index (χ2v) is 3.47. The summed E-state index contributed by atoms with van der Waals surface area (Å²) in [6, 6.07) is 2.04. The topological polar surface area (TPSA) is 17.1 Å². The van der Waals surface area contributed by atoms with E-state index in [0.29, 0.717) is 0 Å².